The van der Waals surface area contributed by atoms with E-state index in [4.69, 9.17) is 9.15 Å². The van der Waals surface area contributed by atoms with Crippen molar-refractivity contribution in [3.63, 3.8) is 0 Å². The maximum absolute atomic E-state index is 12.4. The Hall–Kier alpha value is -3.66. The molecule has 0 spiro atoms. The maximum Gasteiger partial charge on any atom is 0.410 e. The van der Waals surface area contributed by atoms with Crippen LogP contribution in [-0.4, -0.2) is 63.7 Å². The van der Waals surface area contributed by atoms with E-state index >= 15 is 0 Å². The summed E-state index contributed by atoms with van der Waals surface area (Å²) in [5.74, 6) is 0.554. The van der Waals surface area contributed by atoms with Crippen LogP contribution < -0.4 is 10.6 Å². The summed E-state index contributed by atoms with van der Waals surface area (Å²) in [6.07, 6.45) is 1.32. The first kappa shape index (κ1) is 23.5. The van der Waals surface area contributed by atoms with Gasteiger partial charge in [0.05, 0.1) is 24.1 Å². The van der Waals surface area contributed by atoms with Gasteiger partial charge in [-0.1, -0.05) is 6.07 Å². The van der Waals surface area contributed by atoms with Crippen molar-refractivity contribution >= 4 is 34.6 Å². The SMILES string of the molecule is Cc1ccc(NC(=O)Nc2cccc3oc(CN4CCN(C(=O)OC(C)(C)C)CC4)nc23)cn1. The largest absolute Gasteiger partial charge is 0.444 e. The van der Waals surface area contributed by atoms with E-state index in [0.29, 0.717) is 61.1 Å². The van der Waals surface area contributed by atoms with Gasteiger partial charge in [0, 0.05) is 31.9 Å². The van der Waals surface area contributed by atoms with Gasteiger partial charge in [0.15, 0.2) is 5.58 Å². The van der Waals surface area contributed by atoms with E-state index in [-0.39, 0.29) is 12.1 Å². The number of benzene rings is 1. The lowest BCUT2D eigenvalue weighted by molar-refractivity contribution is 0.0133. The molecule has 4 rings (SSSR count). The van der Waals surface area contributed by atoms with Gasteiger partial charge in [0.1, 0.15) is 11.1 Å². The minimum Gasteiger partial charge on any atom is -0.444 e. The van der Waals surface area contributed by atoms with Crippen LogP contribution in [0, 0.1) is 6.92 Å². The van der Waals surface area contributed by atoms with Crippen LogP contribution in [0.15, 0.2) is 40.9 Å². The summed E-state index contributed by atoms with van der Waals surface area (Å²) in [6.45, 7) is 10.5. The molecule has 0 radical (unpaired) electrons. The molecule has 34 heavy (non-hydrogen) atoms. The lowest BCUT2D eigenvalue weighted by Crippen LogP contribution is -2.49. The number of piperazine rings is 1. The summed E-state index contributed by atoms with van der Waals surface area (Å²) in [5, 5.41) is 5.59. The van der Waals surface area contributed by atoms with Crippen LogP contribution in [0.5, 0.6) is 0 Å². The van der Waals surface area contributed by atoms with Gasteiger partial charge in [0.25, 0.3) is 0 Å². The van der Waals surface area contributed by atoms with Gasteiger partial charge in [0.2, 0.25) is 5.89 Å². The van der Waals surface area contributed by atoms with Crippen molar-refractivity contribution in [2.75, 3.05) is 36.8 Å². The highest BCUT2D eigenvalue weighted by molar-refractivity contribution is 6.04. The van der Waals surface area contributed by atoms with Crippen LogP contribution in [-0.2, 0) is 11.3 Å². The molecule has 1 saturated heterocycles. The fourth-order valence-corrected chi connectivity index (χ4v) is 3.60. The Bertz CT molecular complexity index is 1160. The quantitative estimate of drug-likeness (QED) is 0.592. The molecule has 0 unspecified atom stereocenters. The third-order valence-corrected chi connectivity index (χ3v) is 5.26. The summed E-state index contributed by atoms with van der Waals surface area (Å²) >= 11 is 0. The summed E-state index contributed by atoms with van der Waals surface area (Å²) in [6, 6.07) is 8.63. The Kier molecular flexibility index (Phi) is 6.69. The molecular formula is C24H30N6O4. The zero-order valence-corrected chi connectivity index (χ0v) is 19.9. The molecule has 3 heterocycles. The summed E-state index contributed by atoms with van der Waals surface area (Å²) < 4.78 is 11.4. The number of carbonyl (C=O) groups excluding carboxylic acids is 2. The summed E-state index contributed by atoms with van der Waals surface area (Å²) in [5.41, 5.74) is 2.70. The molecule has 3 aromatic rings. The van der Waals surface area contributed by atoms with Gasteiger partial charge in [-0.2, -0.15) is 0 Å². The van der Waals surface area contributed by atoms with Crippen molar-refractivity contribution in [2.24, 2.45) is 0 Å². The van der Waals surface area contributed by atoms with Gasteiger partial charge < -0.3 is 24.7 Å². The molecule has 0 aliphatic carbocycles. The van der Waals surface area contributed by atoms with Crippen molar-refractivity contribution in [1.29, 1.82) is 0 Å². The number of hydrogen-bond acceptors (Lipinski definition) is 7. The number of hydrogen-bond donors (Lipinski definition) is 2. The number of para-hydroxylation sites is 1. The summed E-state index contributed by atoms with van der Waals surface area (Å²) in [4.78, 5) is 37.4. The Balaban J connectivity index is 1.36. The second-order valence-electron chi connectivity index (χ2n) is 9.27. The standard InChI is InChI=1S/C24H30N6O4/c1-16-8-9-17(14-25-16)26-22(31)27-18-6-5-7-19-21(18)28-20(33-19)15-29-10-12-30(13-11-29)23(32)34-24(2,3)4/h5-9,14H,10-13,15H2,1-4H3,(H2,26,27,31). The smallest absolute Gasteiger partial charge is 0.410 e. The van der Waals surface area contributed by atoms with E-state index in [0.717, 1.165) is 5.69 Å². The molecule has 10 nitrogen and oxygen atoms in total. The molecule has 0 saturated carbocycles. The van der Waals surface area contributed by atoms with E-state index in [9.17, 15) is 9.59 Å². The molecule has 1 fully saturated rings. The van der Waals surface area contributed by atoms with Crippen molar-refractivity contribution in [3.05, 3.63) is 48.1 Å². The highest BCUT2D eigenvalue weighted by atomic mass is 16.6. The number of carbonyl (C=O) groups is 2. The lowest BCUT2D eigenvalue weighted by atomic mass is 10.2. The maximum atomic E-state index is 12.4. The minimum absolute atomic E-state index is 0.288. The van der Waals surface area contributed by atoms with Gasteiger partial charge in [-0.15, -0.1) is 0 Å². The van der Waals surface area contributed by atoms with Crippen LogP contribution in [0.25, 0.3) is 11.1 Å². The first-order chi connectivity index (χ1) is 16.2. The lowest BCUT2D eigenvalue weighted by Gasteiger charge is -2.35. The zero-order chi connectivity index (χ0) is 24.3. The van der Waals surface area contributed by atoms with Gasteiger partial charge in [-0.25, -0.2) is 14.6 Å². The number of oxazole rings is 1. The van der Waals surface area contributed by atoms with E-state index in [2.05, 4.69) is 25.5 Å². The number of urea groups is 1. The number of aryl methyl sites for hydroxylation is 1. The molecule has 10 heteroatoms. The fourth-order valence-electron chi connectivity index (χ4n) is 3.60. The second-order valence-corrected chi connectivity index (χ2v) is 9.27. The first-order valence-electron chi connectivity index (χ1n) is 11.3. The molecular weight excluding hydrogens is 436 g/mol. The zero-order valence-electron chi connectivity index (χ0n) is 19.9. The Labute approximate surface area is 198 Å². The topological polar surface area (TPSA) is 113 Å². The van der Waals surface area contributed by atoms with Crippen molar-refractivity contribution in [1.82, 2.24) is 19.8 Å². The van der Waals surface area contributed by atoms with Crippen molar-refractivity contribution in [2.45, 2.75) is 39.8 Å². The van der Waals surface area contributed by atoms with E-state index in [1.165, 1.54) is 0 Å². The number of aromatic nitrogens is 2. The van der Waals surface area contributed by atoms with Crippen LogP contribution in [0.2, 0.25) is 0 Å². The molecule has 1 aliphatic heterocycles. The number of anilines is 2. The average Bonchev–Trinajstić information content (AvgIpc) is 3.18. The van der Waals surface area contributed by atoms with Crippen LogP contribution in [0.4, 0.5) is 21.0 Å². The van der Waals surface area contributed by atoms with Crippen LogP contribution >= 0.6 is 0 Å². The Morgan fingerprint density at radius 3 is 2.53 bits per heavy atom. The van der Waals surface area contributed by atoms with Crippen LogP contribution in [0.1, 0.15) is 32.4 Å². The van der Waals surface area contributed by atoms with Gasteiger partial charge in [-0.05, 0) is 52.0 Å². The number of nitrogens with zero attached hydrogens (tertiary/aromatic N) is 4. The molecule has 2 aromatic heterocycles. The number of ether oxygens (including phenoxy) is 1. The van der Waals surface area contributed by atoms with E-state index < -0.39 is 5.60 Å². The predicted octanol–water partition coefficient (Wildman–Crippen LogP) is 4.23. The fraction of sp³-hybridized carbons (Fsp3) is 0.417. The summed E-state index contributed by atoms with van der Waals surface area (Å²) in [7, 11) is 0. The normalized spacial score (nSPS) is 14.8. The van der Waals surface area contributed by atoms with Crippen LogP contribution in [0.3, 0.4) is 0 Å². The predicted molar refractivity (Wildman–Crippen MR) is 129 cm³/mol. The molecule has 180 valence electrons. The molecule has 2 N–H and O–H groups in total. The molecule has 0 atom stereocenters. The third kappa shape index (κ3) is 6.02. The molecule has 3 amide bonds. The van der Waals surface area contributed by atoms with E-state index in [1.54, 1.807) is 29.3 Å². The van der Waals surface area contributed by atoms with Crippen molar-refractivity contribution < 1.29 is 18.7 Å². The highest BCUT2D eigenvalue weighted by Crippen LogP contribution is 2.25. The van der Waals surface area contributed by atoms with Gasteiger partial charge in [-0.3, -0.25) is 9.88 Å². The van der Waals surface area contributed by atoms with Gasteiger partial charge >= 0.3 is 12.1 Å². The highest BCUT2D eigenvalue weighted by Gasteiger charge is 2.26. The first-order valence-corrected chi connectivity index (χ1v) is 11.3. The number of pyridine rings is 1. The average molecular weight is 467 g/mol. The van der Waals surface area contributed by atoms with Crippen molar-refractivity contribution in [3.8, 4) is 0 Å². The number of rotatable bonds is 4. The third-order valence-electron chi connectivity index (χ3n) is 5.26. The minimum atomic E-state index is -0.508. The molecule has 0 bridgehead atoms. The van der Waals surface area contributed by atoms with E-state index in [1.807, 2.05) is 39.8 Å². The second kappa shape index (κ2) is 9.68. The Morgan fingerprint density at radius 2 is 1.85 bits per heavy atom. The number of amides is 3. The number of nitrogens with one attached hydrogen (secondary N) is 2. The number of fused-ring (bicyclic) bond motifs is 1. The molecule has 1 aromatic carbocycles. The Morgan fingerprint density at radius 1 is 1.09 bits per heavy atom. The monoisotopic (exact) mass is 466 g/mol. The molecule has 1 aliphatic rings.